The topological polar surface area (TPSA) is 63.7 Å². The summed E-state index contributed by atoms with van der Waals surface area (Å²) in [5.41, 5.74) is 2.30. The molecule has 0 atom stereocenters. The summed E-state index contributed by atoms with van der Waals surface area (Å²) in [6.07, 6.45) is 7.88. The zero-order valence-electron chi connectivity index (χ0n) is 15.0. The molecule has 0 saturated carbocycles. The van der Waals surface area contributed by atoms with Gasteiger partial charge < -0.3 is 4.74 Å². The molecule has 0 saturated heterocycles. The minimum Gasteiger partial charge on any atom is -0.465 e. The number of nitrogens with zero attached hydrogens (tertiary/aromatic N) is 1. The third-order valence-electron chi connectivity index (χ3n) is 3.65. The molecular weight excluding hydrogens is 318 g/mol. The summed E-state index contributed by atoms with van der Waals surface area (Å²) in [6, 6.07) is 6.65. The summed E-state index contributed by atoms with van der Waals surface area (Å²) in [7, 11) is 1.30. The number of carbonyl (C=O) groups excluding carboxylic acids is 3. The predicted molar refractivity (Wildman–Crippen MR) is 96.7 cm³/mol. The summed E-state index contributed by atoms with van der Waals surface area (Å²) in [5, 5.41) is 0. The number of rotatable bonds is 7. The number of benzene rings is 1. The lowest BCUT2D eigenvalue weighted by atomic mass is 10.1. The summed E-state index contributed by atoms with van der Waals surface area (Å²) in [6.45, 7) is 5.47. The van der Waals surface area contributed by atoms with Gasteiger partial charge in [-0.25, -0.2) is 4.79 Å². The first-order valence-corrected chi connectivity index (χ1v) is 7.85. The molecule has 0 aliphatic heterocycles. The van der Waals surface area contributed by atoms with Gasteiger partial charge in [0, 0.05) is 5.57 Å². The zero-order chi connectivity index (χ0) is 18.8. The first kappa shape index (κ1) is 20.1. The maximum atomic E-state index is 12.5. The van der Waals surface area contributed by atoms with Gasteiger partial charge in [-0.15, -0.1) is 0 Å². The number of esters is 1. The molecule has 2 amide bonds. The molecule has 0 aromatic heterocycles. The van der Waals surface area contributed by atoms with Gasteiger partial charge in [0.15, 0.2) is 0 Å². The molecule has 0 aliphatic rings. The fourth-order valence-corrected chi connectivity index (χ4v) is 2.09. The lowest BCUT2D eigenvalue weighted by molar-refractivity contribution is -0.135. The van der Waals surface area contributed by atoms with Crippen molar-refractivity contribution >= 4 is 18.3 Å². The third-order valence-corrected chi connectivity index (χ3v) is 3.65. The molecule has 1 aromatic carbocycles. The average Bonchev–Trinajstić information content (AvgIpc) is 2.64. The van der Waals surface area contributed by atoms with Crippen molar-refractivity contribution in [3.63, 3.8) is 0 Å². The van der Waals surface area contributed by atoms with Crippen LogP contribution in [0.1, 0.15) is 36.7 Å². The van der Waals surface area contributed by atoms with E-state index in [0.717, 1.165) is 10.5 Å². The van der Waals surface area contributed by atoms with Gasteiger partial charge in [-0.05, 0) is 44.0 Å². The van der Waals surface area contributed by atoms with Crippen molar-refractivity contribution in [1.29, 1.82) is 0 Å². The highest BCUT2D eigenvalue weighted by Gasteiger charge is 2.17. The number of amides is 2. The molecule has 0 unspecified atom stereocenters. The predicted octanol–water partition coefficient (Wildman–Crippen LogP) is 3.43. The Balaban J connectivity index is 2.99. The van der Waals surface area contributed by atoms with Crippen molar-refractivity contribution in [3.8, 4) is 0 Å². The molecule has 25 heavy (non-hydrogen) atoms. The number of carbonyl (C=O) groups is 3. The molecule has 0 fully saturated rings. The van der Waals surface area contributed by atoms with Crippen molar-refractivity contribution in [2.75, 3.05) is 7.11 Å². The van der Waals surface area contributed by atoms with Crippen LogP contribution in [0.3, 0.4) is 0 Å². The molecular formula is C20H23NO4. The second kappa shape index (κ2) is 10.0. The van der Waals surface area contributed by atoms with Gasteiger partial charge in [-0.2, -0.15) is 0 Å². The first-order valence-electron chi connectivity index (χ1n) is 7.85. The standard InChI is InChI=1S/C20H23NO4/c1-5-6-7-9-15(2)16(3)19(23)21(14-22)13-17-10-8-11-18(12-17)20(24)25-4/h5-12,14H,13H2,1-4H3/b6-5-,9-7-,16-15+. The fourth-order valence-electron chi connectivity index (χ4n) is 2.09. The van der Waals surface area contributed by atoms with E-state index in [4.69, 9.17) is 0 Å². The summed E-state index contributed by atoms with van der Waals surface area (Å²) < 4.78 is 4.68. The van der Waals surface area contributed by atoms with Crippen LogP contribution in [0.15, 0.2) is 59.7 Å². The van der Waals surface area contributed by atoms with Crippen LogP contribution in [0.5, 0.6) is 0 Å². The molecule has 0 radical (unpaired) electrons. The highest BCUT2D eigenvalue weighted by molar-refractivity contribution is 5.99. The largest absolute Gasteiger partial charge is 0.465 e. The minimum absolute atomic E-state index is 0.0797. The number of imide groups is 1. The molecule has 132 valence electrons. The maximum Gasteiger partial charge on any atom is 0.337 e. The Morgan fingerprint density at radius 3 is 2.52 bits per heavy atom. The third kappa shape index (κ3) is 5.88. The molecule has 5 heteroatoms. The Morgan fingerprint density at radius 2 is 1.92 bits per heavy atom. The van der Waals surface area contributed by atoms with E-state index in [0.29, 0.717) is 23.1 Å². The lowest BCUT2D eigenvalue weighted by Crippen LogP contribution is -2.30. The van der Waals surface area contributed by atoms with E-state index < -0.39 is 5.97 Å². The number of methoxy groups -OCH3 is 1. The van der Waals surface area contributed by atoms with Crippen LogP contribution in [-0.2, 0) is 20.9 Å². The van der Waals surface area contributed by atoms with Crippen molar-refractivity contribution < 1.29 is 19.1 Å². The van der Waals surface area contributed by atoms with Crippen LogP contribution in [0, 0.1) is 0 Å². The highest BCUT2D eigenvalue weighted by Crippen LogP contribution is 2.13. The Hall–Kier alpha value is -2.95. The van der Waals surface area contributed by atoms with Crippen LogP contribution in [0.2, 0.25) is 0 Å². The van der Waals surface area contributed by atoms with E-state index >= 15 is 0 Å². The molecule has 0 spiro atoms. The van der Waals surface area contributed by atoms with Crippen LogP contribution in [0.4, 0.5) is 0 Å². The average molecular weight is 341 g/mol. The van der Waals surface area contributed by atoms with Crippen LogP contribution in [-0.4, -0.2) is 30.3 Å². The van der Waals surface area contributed by atoms with E-state index in [1.165, 1.54) is 7.11 Å². The van der Waals surface area contributed by atoms with Gasteiger partial charge in [-0.3, -0.25) is 14.5 Å². The Bertz CT molecular complexity index is 729. The van der Waals surface area contributed by atoms with E-state index in [9.17, 15) is 14.4 Å². The van der Waals surface area contributed by atoms with Gasteiger partial charge in [0.05, 0.1) is 19.2 Å². The molecule has 0 bridgehead atoms. The molecule has 5 nitrogen and oxygen atoms in total. The first-order chi connectivity index (χ1) is 11.9. The smallest absolute Gasteiger partial charge is 0.337 e. The monoisotopic (exact) mass is 341 g/mol. The summed E-state index contributed by atoms with van der Waals surface area (Å²) in [5.74, 6) is -0.840. The Kier molecular flexibility index (Phi) is 8.06. The normalized spacial score (nSPS) is 12.2. The fraction of sp³-hybridized carbons (Fsp3) is 0.250. The number of allylic oxidation sites excluding steroid dienone is 5. The number of ether oxygens (including phenoxy) is 1. The quantitative estimate of drug-likeness (QED) is 0.330. The Morgan fingerprint density at radius 1 is 1.20 bits per heavy atom. The molecule has 1 rings (SSSR count). The SMILES string of the molecule is C\C=C/C=C\C(C)=C(/C)C(=O)N(C=O)Cc1cccc(C(=O)OC)c1. The van der Waals surface area contributed by atoms with E-state index in [1.807, 2.05) is 38.2 Å². The van der Waals surface area contributed by atoms with E-state index in [2.05, 4.69) is 4.74 Å². The molecule has 1 aromatic rings. The van der Waals surface area contributed by atoms with Crippen LogP contribution in [0.25, 0.3) is 0 Å². The Labute approximate surface area is 148 Å². The minimum atomic E-state index is -0.466. The second-order valence-electron chi connectivity index (χ2n) is 5.42. The van der Waals surface area contributed by atoms with Gasteiger partial charge in [0.25, 0.3) is 5.91 Å². The summed E-state index contributed by atoms with van der Waals surface area (Å²) >= 11 is 0. The maximum absolute atomic E-state index is 12.5. The summed E-state index contributed by atoms with van der Waals surface area (Å²) in [4.78, 5) is 36.6. The van der Waals surface area contributed by atoms with Crippen molar-refractivity contribution in [1.82, 2.24) is 4.90 Å². The van der Waals surface area contributed by atoms with Crippen molar-refractivity contribution in [2.45, 2.75) is 27.3 Å². The van der Waals surface area contributed by atoms with Gasteiger partial charge >= 0.3 is 5.97 Å². The highest BCUT2D eigenvalue weighted by atomic mass is 16.5. The van der Waals surface area contributed by atoms with Gasteiger partial charge in [0.1, 0.15) is 0 Å². The van der Waals surface area contributed by atoms with E-state index in [-0.39, 0.29) is 12.5 Å². The molecule has 0 N–H and O–H groups in total. The lowest BCUT2D eigenvalue weighted by Gasteiger charge is -2.17. The zero-order valence-corrected chi connectivity index (χ0v) is 15.0. The van der Waals surface area contributed by atoms with E-state index in [1.54, 1.807) is 31.2 Å². The van der Waals surface area contributed by atoms with Crippen molar-refractivity contribution in [3.05, 3.63) is 70.8 Å². The second-order valence-corrected chi connectivity index (χ2v) is 5.42. The van der Waals surface area contributed by atoms with Crippen LogP contribution < -0.4 is 0 Å². The van der Waals surface area contributed by atoms with Gasteiger partial charge in [-0.1, -0.05) is 36.4 Å². The number of hydrogen-bond donors (Lipinski definition) is 0. The van der Waals surface area contributed by atoms with Gasteiger partial charge in [0.2, 0.25) is 6.41 Å². The molecule has 0 aliphatic carbocycles. The number of hydrogen-bond acceptors (Lipinski definition) is 4. The van der Waals surface area contributed by atoms with Crippen molar-refractivity contribution in [2.24, 2.45) is 0 Å². The van der Waals surface area contributed by atoms with Crippen LogP contribution >= 0.6 is 0 Å². The molecule has 0 heterocycles.